The van der Waals surface area contributed by atoms with Crippen molar-refractivity contribution in [2.75, 3.05) is 19.5 Å². The monoisotopic (exact) mass is 435 g/mol. The van der Waals surface area contributed by atoms with Gasteiger partial charge in [-0.05, 0) is 29.7 Å². The van der Waals surface area contributed by atoms with Crippen LogP contribution in [0.4, 0.5) is 5.69 Å². The Hall–Kier alpha value is -2.80. The Balaban J connectivity index is 1.63. The third kappa shape index (κ3) is 5.67. The molecule has 0 amide bonds. The first-order valence-corrected chi connectivity index (χ1v) is 12.1. The fraction of sp³-hybridized carbons (Fsp3) is 0.240. The highest BCUT2D eigenvalue weighted by Gasteiger charge is 2.22. The number of aliphatic imine (C=N–C) groups is 1. The second-order valence-corrected chi connectivity index (χ2v) is 9.14. The van der Waals surface area contributed by atoms with Gasteiger partial charge in [-0.3, -0.25) is 4.18 Å². The molecule has 0 spiro atoms. The molecule has 0 N–H and O–H groups in total. The average Bonchev–Trinajstić information content (AvgIpc) is 2.78. The molecule has 6 heteroatoms. The van der Waals surface area contributed by atoms with Gasteiger partial charge in [-0.2, -0.15) is 8.42 Å². The molecule has 3 aromatic rings. The number of hydrogen-bond donors (Lipinski definition) is 0. The van der Waals surface area contributed by atoms with Crippen LogP contribution in [-0.2, 0) is 25.5 Å². The molecule has 0 aromatic heterocycles. The molecule has 0 saturated carbocycles. The van der Waals surface area contributed by atoms with Crippen LogP contribution in [0.3, 0.4) is 0 Å². The van der Waals surface area contributed by atoms with Gasteiger partial charge < -0.3 is 4.74 Å². The molecule has 4 rings (SSSR count). The van der Waals surface area contributed by atoms with Crippen LogP contribution >= 0.6 is 0 Å². The van der Waals surface area contributed by atoms with E-state index in [0.717, 1.165) is 40.8 Å². The molecular formula is C25H25NO4S. The summed E-state index contributed by atoms with van der Waals surface area (Å²) in [6.45, 7) is 0.697. The maximum Gasteiger partial charge on any atom is 0.264 e. The molecule has 1 aliphatic heterocycles. The van der Waals surface area contributed by atoms with Crippen molar-refractivity contribution in [1.29, 1.82) is 0 Å². The second-order valence-electron chi connectivity index (χ2n) is 7.50. The predicted octanol–water partition coefficient (Wildman–Crippen LogP) is 4.84. The largest absolute Gasteiger partial charge is 0.373 e. The van der Waals surface area contributed by atoms with Gasteiger partial charge >= 0.3 is 0 Å². The number of benzene rings is 3. The molecule has 1 heterocycles. The van der Waals surface area contributed by atoms with E-state index >= 15 is 0 Å². The van der Waals surface area contributed by atoms with Crippen molar-refractivity contribution >= 4 is 21.5 Å². The number of ether oxygens (including phenoxy) is 1. The zero-order chi connectivity index (χ0) is 21.7. The summed E-state index contributed by atoms with van der Waals surface area (Å²) in [6.07, 6.45) is 2.17. The molecule has 31 heavy (non-hydrogen) atoms. The normalized spacial score (nSPS) is 15.8. The van der Waals surface area contributed by atoms with Gasteiger partial charge in [-0.25, -0.2) is 4.99 Å². The van der Waals surface area contributed by atoms with Crippen molar-refractivity contribution in [2.24, 2.45) is 4.99 Å². The highest BCUT2D eigenvalue weighted by atomic mass is 32.2. The van der Waals surface area contributed by atoms with Crippen molar-refractivity contribution in [2.45, 2.75) is 18.9 Å². The molecule has 5 nitrogen and oxygen atoms in total. The Bertz CT molecular complexity index is 1120. The van der Waals surface area contributed by atoms with Gasteiger partial charge in [0.15, 0.2) is 0 Å². The Morgan fingerprint density at radius 3 is 2.26 bits per heavy atom. The minimum Gasteiger partial charge on any atom is -0.373 e. The summed E-state index contributed by atoms with van der Waals surface area (Å²) in [6, 6.07) is 26.4. The zero-order valence-electron chi connectivity index (χ0n) is 17.4. The summed E-state index contributed by atoms with van der Waals surface area (Å²) in [4.78, 5) is 5.00. The van der Waals surface area contributed by atoms with Gasteiger partial charge in [0.1, 0.15) is 0 Å². The second kappa shape index (κ2) is 9.56. The molecular weight excluding hydrogens is 410 g/mol. The molecule has 1 atom stereocenters. The lowest BCUT2D eigenvalue weighted by molar-refractivity contribution is 0.0283. The molecule has 0 saturated heterocycles. The lowest BCUT2D eigenvalue weighted by Crippen LogP contribution is -2.18. The van der Waals surface area contributed by atoms with Gasteiger partial charge in [-0.1, -0.05) is 66.7 Å². The number of rotatable bonds is 7. The van der Waals surface area contributed by atoms with Crippen molar-refractivity contribution in [1.82, 2.24) is 0 Å². The molecule has 1 aliphatic rings. The summed E-state index contributed by atoms with van der Waals surface area (Å²) in [5, 5.41) is 0. The number of nitrogens with zero attached hydrogens (tertiary/aromatic N) is 1. The van der Waals surface area contributed by atoms with Gasteiger partial charge in [0.05, 0.1) is 37.0 Å². The van der Waals surface area contributed by atoms with E-state index in [1.807, 2.05) is 48.5 Å². The minimum absolute atomic E-state index is 0.106. The maximum absolute atomic E-state index is 11.2. The average molecular weight is 436 g/mol. The van der Waals surface area contributed by atoms with E-state index in [2.05, 4.69) is 30.3 Å². The smallest absolute Gasteiger partial charge is 0.264 e. The summed E-state index contributed by atoms with van der Waals surface area (Å²) in [7, 11) is -3.45. The summed E-state index contributed by atoms with van der Waals surface area (Å²) in [5.74, 6) is 0. The highest BCUT2D eigenvalue weighted by Crippen LogP contribution is 2.33. The van der Waals surface area contributed by atoms with Crippen molar-refractivity contribution in [3.63, 3.8) is 0 Å². The van der Waals surface area contributed by atoms with Gasteiger partial charge in [0, 0.05) is 17.5 Å². The molecule has 160 valence electrons. The van der Waals surface area contributed by atoms with E-state index < -0.39 is 10.1 Å². The molecule has 0 radical (unpaired) electrons. The van der Waals surface area contributed by atoms with Gasteiger partial charge in [-0.15, -0.1) is 0 Å². The summed E-state index contributed by atoms with van der Waals surface area (Å²) in [5.41, 5.74) is 6.18. The fourth-order valence-electron chi connectivity index (χ4n) is 3.76. The molecule has 0 fully saturated rings. The Kier molecular flexibility index (Phi) is 6.61. The van der Waals surface area contributed by atoms with Crippen LogP contribution in [0.2, 0.25) is 0 Å². The maximum atomic E-state index is 11.2. The van der Waals surface area contributed by atoms with Crippen LogP contribution in [0.15, 0.2) is 83.9 Å². The standard InChI is InChI=1S/C25H25NO4S/c1-31(27,28)30-17-15-24-23-13-12-22(18-21(23)14-16-29-24)26-25(19-8-4-2-5-9-19)20-10-6-3-7-11-20/h2-13,18,24H,14-17H2,1H3/t24-/m0/s1. The van der Waals surface area contributed by atoms with Crippen LogP contribution in [0, 0.1) is 0 Å². The van der Waals surface area contributed by atoms with E-state index in [-0.39, 0.29) is 12.7 Å². The van der Waals surface area contributed by atoms with Crippen LogP contribution in [-0.4, -0.2) is 33.6 Å². The first-order valence-electron chi connectivity index (χ1n) is 10.3. The van der Waals surface area contributed by atoms with Crippen molar-refractivity contribution in [3.8, 4) is 0 Å². The van der Waals surface area contributed by atoms with Crippen LogP contribution in [0.1, 0.15) is 34.8 Å². The quantitative estimate of drug-likeness (QED) is 0.394. The van der Waals surface area contributed by atoms with E-state index in [1.165, 1.54) is 5.56 Å². The van der Waals surface area contributed by atoms with Crippen LogP contribution < -0.4 is 0 Å². The topological polar surface area (TPSA) is 65.0 Å². The van der Waals surface area contributed by atoms with Crippen molar-refractivity contribution in [3.05, 3.63) is 101 Å². The van der Waals surface area contributed by atoms with E-state index in [0.29, 0.717) is 13.0 Å². The summed E-state index contributed by atoms with van der Waals surface area (Å²) < 4.78 is 33.2. The fourth-order valence-corrected chi connectivity index (χ4v) is 4.15. The Labute approximate surface area is 183 Å². The first kappa shape index (κ1) is 21.4. The Morgan fingerprint density at radius 2 is 1.65 bits per heavy atom. The third-order valence-electron chi connectivity index (χ3n) is 5.18. The van der Waals surface area contributed by atoms with Crippen LogP contribution in [0.25, 0.3) is 0 Å². The Morgan fingerprint density at radius 1 is 1.00 bits per heavy atom. The summed E-state index contributed by atoms with van der Waals surface area (Å²) >= 11 is 0. The van der Waals surface area contributed by atoms with Gasteiger partial charge in [0.25, 0.3) is 10.1 Å². The van der Waals surface area contributed by atoms with Gasteiger partial charge in [0.2, 0.25) is 0 Å². The lowest BCUT2D eigenvalue weighted by Gasteiger charge is -2.26. The first-order chi connectivity index (χ1) is 15.0. The van der Waals surface area contributed by atoms with Crippen LogP contribution in [0.5, 0.6) is 0 Å². The molecule has 0 unspecified atom stereocenters. The third-order valence-corrected chi connectivity index (χ3v) is 5.77. The lowest BCUT2D eigenvalue weighted by atomic mass is 9.95. The van der Waals surface area contributed by atoms with E-state index in [1.54, 1.807) is 0 Å². The SMILES string of the molecule is CS(=O)(=O)OCC[C@@H]1OCCc2cc(N=C(c3ccccc3)c3ccccc3)ccc21. The molecule has 3 aromatic carbocycles. The predicted molar refractivity (Wildman–Crippen MR) is 122 cm³/mol. The van der Waals surface area contributed by atoms with E-state index in [9.17, 15) is 8.42 Å². The van der Waals surface area contributed by atoms with E-state index in [4.69, 9.17) is 13.9 Å². The van der Waals surface area contributed by atoms with Crippen molar-refractivity contribution < 1.29 is 17.3 Å². The highest BCUT2D eigenvalue weighted by molar-refractivity contribution is 7.85. The number of fused-ring (bicyclic) bond motifs is 1. The molecule has 0 bridgehead atoms. The number of hydrogen-bond acceptors (Lipinski definition) is 5. The molecule has 0 aliphatic carbocycles. The minimum atomic E-state index is -3.45. The zero-order valence-corrected chi connectivity index (χ0v) is 18.2.